The Labute approximate surface area is 61.6 Å². The van der Waals surface area contributed by atoms with E-state index < -0.39 is 0 Å². The average Bonchev–Trinajstić information content (AvgIpc) is 1.88. The summed E-state index contributed by atoms with van der Waals surface area (Å²) in [5.74, 6) is 2.78. The predicted octanol–water partition coefficient (Wildman–Crippen LogP) is 1.76. The first kappa shape index (κ1) is 7.10. The third-order valence-electron chi connectivity index (χ3n) is 1.35. The van der Waals surface area contributed by atoms with Crippen LogP contribution in [0, 0.1) is 0 Å². The molecule has 0 atom stereocenters. The topological polar surface area (TPSA) is 15.6 Å². The molecule has 0 aromatic rings. The third-order valence-corrected chi connectivity index (χ3v) is 1.35. The van der Waals surface area contributed by atoms with E-state index in [4.69, 9.17) is 0 Å². The lowest BCUT2D eigenvalue weighted by Crippen LogP contribution is -2.33. The summed E-state index contributed by atoms with van der Waals surface area (Å²) in [5, 5.41) is 0. The van der Waals surface area contributed by atoms with Gasteiger partial charge in [0.2, 0.25) is 0 Å². The van der Waals surface area contributed by atoms with Gasteiger partial charge in [0.05, 0.1) is 12.4 Å². The average molecular weight is 136 g/mol. The van der Waals surface area contributed by atoms with Crippen molar-refractivity contribution in [1.82, 2.24) is 4.90 Å². The Kier molecular flexibility index (Phi) is 1.64. The second-order valence-corrected chi connectivity index (χ2v) is 3.26. The molecule has 0 bridgehead atoms. The molecule has 2 nitrogen and oxygen atoms in total. The molecule has 1 aliphatic rings. The van der Waals surface area contributed by atoms with Gasteiger partial charge >= 0.3 is 0 Å². The fourth-order valence-electron chi connectivity index (χ4n) is 0.704. The van der Waals surface area contributed by atoms with Gasteiger partial charge in [-0.2, -0.15) is 0 Å². The van der Waals surface area contributed by atoms with Crippen molar-refractivity contribution in [3.63, 3.8) is 0 Å². The van der Waals surface area contributed by atoms with E-state index in [-0.39, 0.29) is 5.54 Å². The number of hydrogen-bond donors (Lipinski definition) is 0. The van der Waals surface area contributed by atoms with E-state index in [1.807, 2.05) is 12.4 Å². The zero-order chi connectivity index (χ0) is 7.61. The molecular weight excluding hydrogens is 124 g/mol. The standard InChI is InChI=1S/C8H12N2/c1-8(2,3)10-6-4-9-5-7-10/h4,6-7H,1-3H3. The minimum atomic E-state index is 0.138. The second kappa shape index (κ2) is 2.31. The highest BCUT2D eigenvalue weighted by atomic mass is 15.2. The molecule has 1 rings (SSSR count). The molecule has 0 amide bonds. The molecule has 0 aromatic carbocycles. The van der Waals surface area contributed by atoms with Crippen LogP contribution in [0.1, 0.15) is 20.8 Å². The van der Waals surface area contributed by atoms with Gasteiger partial charge in [0.1, 0.15) is 0 Å². The molecule has 0 radical (unpaired) electrons. The van der Waals surface area contributed by atoms with Crippen molar-refractivity contribution in [2.24, 2.45) is 4.99 Å². The van der Waals surface area contributed by atoms with Gasteiger partial charge < -0.3 is 4.90 Å². The highest BCUT2D eigenvalue weighted by Gasteiger charge is 2.15. The van der Waals surface area contributed by atoms with Crippen molar-refractivity contribution in [2.45, 2.75) is 26.3 Å². The van der Waals surface area contributed by atoms with Crippen LogP contribution in [0.5, 0.6) is 0 Å². The third kappa shape index (κ3) is 1.49. The van der Waals surface area contributed by atoms with Crippen molar-refractivity contribution in [2.75, 3.05) is 0 Å². The van der Waals surface area contributed by atoms with Crippen LogP contribution in [0.15, 0.2) is 23.6 Å². The van der Waals surface area contributed by atoms with Crippen molar-refractivity contribution in [3.05, 3.63) is 18.6 Å². The molecule has 1 aliphatic heterocycles. The normalized spacial score (nSPS) is 16.5. The van der Waals surface area contributed by atoms with Gasteiger partial charge in [-0.25, -0.2) is 4.99 Å². The Morgan fingerprint density at radius 2 is 2.10 bits per heavy atom. The second-order valence-electron chi connectivity index (χ2n) is 3.26. The van der Waals surface area contributed by atoms with Crippen LogP contribution in [0.4, 0.5) is 0 Å². The maximum atomic E-state index is 3.81. The van der Waals surface area contributed by atoms with Crippen molar-refractivity contribution in [3.8, 4) is 0 Å². The molecule has 0 saturated carbocycles. The molecule has 0 spiro atoms. The van der Waals surface area contributed by atoms with E-state index in [2.05, 4.69) is 36.5 Å². The van der Waals surface area contributed by atoms with Gasteiger partial charge in [0, 0.05) is 17.6 Å². The number of rotatable bonds is 0. The van der Waals surface area contributed by atoms with E-state index in [1.165, 1.54) is 0 Å². The Balaban J connectivity index is 2.77. The minimum absolute atomic E-state index is 0.138. The Morgan fingerprint density at radius 1 is 1.40 bits per heavy atom. The van der Waals surface area contributed by atoms with Crippen LogP contribution in [0.25, 0.3) is 0 Å². The summed E-state index contributed by atoms with van der Waals surface area (Å²) >= 11 is 0. The zero-order valence-electron chi connectivity index (χ0n) is 6.63. The van der Waals surface area contributed by atoms with E-state index in [9.17, 15) is 0 Å². The summed E-state index contributed by atoms with van der Waals surface area (Å²) in [6, 6.07) is 0. The van der Waals surface area contributed by atoms with Crippen LogP contribution in [-0.2, 0) is 0 Å². The first-order chi connectivity index (χ1) is 4.61. The molecule has 54 valence electrons. The fraction of sp³-hybridized carbons (Fsp3) is 0.500. The maximum Gasteiger partial charge on any atom is 0.0667 e. The monoisotopic (exact) mass is 136 g/mol. The van der Waals surface area contributed by atoms with E-state index in [0.717, 1.165) is 0 Å². The first-order valence-corrected chi connectivity index (χ1v) is 3.34. The summed E-state index contributed by atoms with van der Waals surface area (Å²) in [5.41, 5.74) is 0.138. The summed E-state index contributed by atoms with van der Waals surface area (Å²) in [6.45, 7) is 6.42. The quantitative estimate of drug-likeness (QED) is 0.495. The lowest BCUT2D eigenvalue weighted by atomic mass is 10.1. The smallest absolute Gasteiger partial charge is 0.0667 e. The lowest BCUT2D eigenvalue weighted by molar-refractivity contribution is 0.281. The molecule has 10 heavy (non-hydrogen) atoms. The molecule has 0 fully saturated rings. The zero-order valence-corrected chi connectivity index (χ0v) is 6.63. The van der Waals surface area contributed by atoms with E-state index in [1.54, 1.807) is 6.20 Å². The highest BCUT2D eigenvalue weighted by molar-refractivity contribution is 5.53. The van der Waals surface area contributed by atoms with Gasteiger partial charge in [-0.15, -0.1) is 0 Å². The van der Waals surface area contributed by atoms with E-state index in [0.29, 0.717) is 0 Å². The van der Waals surface area contributed by atoms with Crippen LogP contribution in [0.2, 0.25) is 0 Å². The summed E-state index contributed by atoms with van der Waals surface area (Å²) < 4.78 is 0. The predicted molar refractivity (Wildman–Crippen MR) is 42.7 cm³/mol. The Hall–Kier alpha value is -1.01. The summed E-state index contributed by atoms with van der Waals surface area (Å²) in [7, 11) is 0. The molecule has 0 aliphatic carbocycles. The van der Waals surface area contributed by atoms with Gasteiger partial charge in [0.25, 0.3) is 0 Å². The molecule has 1 heterocycles. The molecule has 0 saturated heterocycles. The van der Waals surface area contributed by atoms with Crippen LogP contribution >= 0.6 is 0 Å². The first-order valence-electron chi connectivity index (χ1n) is 3.34. The Bertz CT molecular complexity index is 202. The summed E-state index contributed by atoms with van der Waals surface area (Å²) in [6.07, 6.45) is 5.53. The van der Waals surface area contributed by atoms with E-state index >= 15 is 0 Å². The molecule has 0 N–H and O–H groups in total. The maximum absolute atomic E-state index is 3.81. The number of nitrogens with zero attached hydrogens (tertiary/aromatic N) is 2. The number of hydrogen-bond acceptors (Lipinski definition) is 2. The molecule has 2 heteroatoms. The lowest BCUT2D eigenvalue weighted by Gasteiger charge is -2.30. The van der Waals surface area contributed by atoms with Crippen LogP contribution < -0.4 is 0 Å². The summed E-state index contributed by atoms with van der Waals surface area (Å²) in [4.78, 5) is 5.88. The molecule has 0 unspecified atom stereocenters. The van der Waals surface area contributed by atoms with Crippen molar-refractivity contribution < 1.29 is 0 Å². The van der Waals surface area contributed by atoms with Crippen LogP contribution in [0.3, 0.4) is 0 Å². The van der Waals surface area contributed by atoms with Gasteiger partial charge in [-0.3, -0.25) is 0 Å². The van der Waals surface area contributed by atoms with Crippen molar-refractivity contribution in [1.29, 1.82) is 0 Å². The van der Waals surface area contributed by atoms with Gasteiger partial charge in [0.15, 0.2) is 0 Å². The fourth-order valence-corrected chi connectivity index (χ4v) is 0.704. The van der Waals surface area contributed by atoms with Gasteiger partial charge in [-0.05, 0) is 20.8 Å². The highest BCUT2D eigenvalue weighted by Crippen LogP contribution is 2.14. The Morgan fingerprint density at radius 3 is 2.40 bits per heavy atom. The SMILES string of the molecule is CC(C)(C)N1C=C=NC=C1. The van der Waals surface area contributed by atoms with Gasteiger partial charge in [-0.1, -0.05) is 0 Å². The number of aliphatic imine (C=N–C) groups is 1. The van der Waals surface area contributed by atoms with Crippen molar-refractivity contribution >= 4 is 5.87 Å². The minimum Gasteiger partial charge on any atom is -0.339 e. The van der Waals surface area contributed by atoms with Crippen LogP contribution in [-0.4, -0.2) is 16.3 Å². The molecule has 0 aromatic heterocycles. The largest absolute Gasteiger partial charge is 0.339 e. The molecular formula is C8H12N2.